The number of anilines is 1. The van der Waals surface area contributed by atoms with Crippen molar-refractivity contribution >= 4 is 15.5 Å². The molecule has 0 unspecified atom stereocenters. The summed E-state index contributed by atoms with van der Waals surface area (Å²) in [6.07, 6.45) is 4.72. The minimum absolute atomic E-state index is 0.0551. The fraction of sp³-hybridized carbons (Fsp3) is 0.320. The zero-order chi connectivity index (χ0) is 24.0. The molecule has 2 aromatic carbocycles. The molecule has 1 aliphatic carbocycles. The lowest BCUT2D eigenvalue weighted by Gasteiger charge is -2.23. The van der Waals surface area contributed by atoms with E-state index >= 15 is 0 Å². The largest absolute Gasteiger partial charge is 0.501 e. The predicted molar refractivity (Wildman–Crippen MR) is 123 cm³/mol. The van der Waals surface area contributed by atoms with E-state index < -0.39 is 20.2 Å². The maximum atomic E-state index is 12.8. The van der Waals surface area contributed by atoms with Crippen LogP contribution in [0.15, 0.2) is 77.8 Å². The van der Waals surface area contributed by atoms with Crippen molar-refractivity contribution in [1.82, 2.24) is 9.88 Å². The van der Waals surface area contributed by atoms with Crippen LogP contribution in [0.2, 0.25) is 0 Å². The Morgan fingerprint density at radius 2 is 1.65 bits per heavy atom. The summed E-state index contributed by atoms with van der Waals surface area (Å²) in [5.74, 6) is 0. The van der Waals surface area contributed by atoms with E-state index in [-0.39, 0.29) is 5.54 Å². The molecular weight excluding hydrogens is 463 g/mol. The number of halogens is 3. The SMILES string of the molecule is O=S(=O)(c1ccc(N2CN(Cc3ccnc(Cc4ccccc4)c3)C3(CC3)C2)cc1)C(F)(F)F. The Balaban J connectivity index is 1.29. The molecule has 1 spiro atoms. The van der Waals surface area contributed by atoms with Gasteiger partial charge in [0.05, 0.1) is 11.6 Å². The second-order valence-corrected chi connectivity index (χ2v) is 11.0. The summed E-state index contributed by atoms with van der Waals surface area (Å²) in [6, 6.07) is 19.3. The van der Waals surface area contributed by atoms with Crippen molar-refractivity contribution < 1.29 is 21.6 Å². The van der Waals surface area contributed by atoms with Crippen molar-refractivity contribution in [3.8, 4) is 0 Å². The van der Waals surface area contributed by atoms with Gasteiger partial charge in [0.2, 0.25) is 0 Å². The van der Waals surface area contributed by atoms with Gasteiger partial charge in [-0.25, -0.2) is 8.42 Å². The van der Waals surface area contributed by atoms with Crippen molar-refractivity contribution in [2.24, 2.45) is 0 Å². The highest BCUT2D eigenvalue weighted by Crippen LogP contribution is 2.48. The van der Waals surface area contributed by atoms with Gasteiger partial charge in [0, 0.05) is 42.6 Å². The lowest BCUT2D eigenvalue weighted by molar-refractivity contribution is -0.0436. The molecule has 9 heteroatoms. The van der Waals surface area contributed by atoms with Crippen LogP contribution in [0.3, 0.4) is 0 Å². The van der Waals surface area contributed by atoms with Crippen molar-refractivity contribution in [3.05, 3.63) is 89.7 Å². The van der Waals surface area contributed by atoms with E-state index in [4.69, 9.17) is 0 Å². The minimum Gasteiger partial charge on any atom is -0.357 e. The number of aromatic nitrogens is 1. The van der Waals surface area contributed by atoms with Crippen molar-refractivity contribution in [3.63, 3.8) is 0 Å². The van der Waals surface area contributed by atoms with Crippen LogP contribution in [0.5, 0.6) is 0 Å². The highest BCUT2D eigenvalue weighted by Gasteiger charge is 2.53. The molecule has 34 heavy (non-hydrogen) atoms. The van der Waals surface area contributed by atoms with Gasteiger partial charge >= 0.3 is 5.51 Å². The van der Waals surface area contributed by atoms with Crippen LogP contribution in [0.25, 0.3) is 0 Å². The molecule has 0 bridgehead atoms. The summed E-state index contributed by atoms with van der Waals surface area (Å²) in [7, 11) is -5.34. The second kappa shape index (κ2) is 8.39. The zero-order valence-corrected chi connectivity index (χ0v) is 19.2. The van der Waals surface area contributed by atoms with E-state index in [1.54, 1.807) is 0 Å². The zero-order valence-electron chi connectivity index (χ0n) is 18.4. The third-order valence-electron chi connectivity index (χ3n) is 6.62. The number of hydrogen-bond acceptors (Lipinski definition) is 5. The molecule has 2 fully saturated rings. The van der Waals surface area contributed by atoms with E-state index in [9.17, 15) is 21.6 Å². The fourth-order valence-corrected chi connectivity index (χ4v) is 5.35. The van der Waals surface area contributed by atoms with E-state index in [0.717, 1.165) is 55.9 Å². The summed E-state index contributed by atoms with van der Waals surface area (Å²) in [6.45, 7) is 2.14. The maximum absolute atomic E-state index is 12.8. The maximum Gasteiger partial charge on any atom is 0.501 e. The third-order valence-corrected chi connectivity index (χ3v) is 8.13. The topological polar surface area (TPSA) is 53.5 Å². The number of pyridine rings is 1. The quantitative estimate of drug-likeness (QED) is 0.501. The standard InChI is InChI=1S/C25H24F3N3O2S/c26-25(27,28)34(32,33)23-8-6-22(7-9-23)30-17-24(11-12-24)31(18-30)16-20-10-13-29-21(15-20)14-19-4-2-1-3-5-19/h1-10,13,15H,11-12,14,16-18H2. The normalized spacial score (nSPS) is 17.9. The van der Waals surface area contributed by atoms with Crippen LogP contribution < -0.4 is 4.90 Å². The van der Waals surface area contributed by atoms with Crippen molar-refractivity contribution in [1.29, 1.82) is 0 Å². The van der Waals surface area contributed by atoms with E-state index in [0.29, 0.717) is 6.67 Å². The summed E-state index contributed by atoms with van der Waals surface area (Å²) in [5, 5.41) is 0. The third kappa shape index (κ3) is 4.42. The molecule has 0 radical (unpaired) electrons. The number of sulfone groups is 1. The molecule has 1 aliphatic heterocycles. The van der Waals surface area contributed by atoms with Gasteiger partial charge in [0.15, 0.2) is 0 Å². The number of rotatable bonds is 6. The molecule has 2 heterocycles. The Hall–Kier alpha value is -2.91. The first-order valence-corrected chi connectivity index (χ1v) is 12.5. The Morgan fingerprint density at radius 3 is 2.29 bits per heavy atom. The average Bonchev–Trinajstić information content (AvgIpc) is 3.50. The second-order valence-electron chi connectivity index (χ2n) is 9.02. The smallest absolute Gasteiger partial charge is 0.357 e. The molecule has 0 atom stereocenters. The first-order chi connectivity index (χ1) is 16.2. The van der Waals surface area contributed by atoms with Crippen LogP contribution in [0, 0.1) is 0 Å². The van der Waals surface area contributed by atoms with Gasteiger partial charge in [-0.15, -0.1) is 0 Å². The Kier molecular flexibility index (Phi) is 5.64. The van der Waals surface area contributed by atoms with Crippen LogP contribution in [0.1, 0.15) is 29.7 Å². The lowest BCUT2D eigenvalue weighted by atomic mass is 10.1. The molecule has 0 amide bonds. The lowest BCUT2D eigenvalue weighted by Crippen LogP contribution is -2.32. The van der Waals surface area contributed by atoms with Crippen molar-refractivity contribution in [2.75, 3.05) is 18.1 Å². The van der Waals surface area contributed by atoms with Gasteiger partial charge in [-0.1, -0.05) is 30.3 Å². The summed E-state index contributed by atoms with van der Waals surface area (Å²) in [4.78, 5) is 8.28. The summed E-state index contributed by atoms with van der Waals surface area (Å²) >= 11 is 0. The van der Waals surface area contributed by atoms with Crippen LogP contribution in [-0.2, 0) is 22.8 Å². The summed E-state index contributed by atoms with van der Waals surface area (Å²) in [5.41, 5.74) is -1.16. The number of hydrogen-bond donors (Lipinski definition) is 0. The van der Waals surface area contributed by atoms with Gasteiger partial charge in [-0.05, 0) is 60.4 Å². The van der Waals surface area contributed by atoms with Gasteiger partial charge in [-0.3, -0.25) is 9.88 Å². The molecule has 5 rings (SSSR count). The fourth-order valence-electron chi connectivity index (χ4n) is 4.59. The number of benzene rings is 2. The highest BCUT2D eigenvalue weighted by atomic mass is 32.2. The Morgan fingerprint density at radius 1 is 0.941 bits per heavy atom. The molecule has 0 N–H and O–H groups in total. The van der Waals surface area contributed by atoms with Crippen molar-refractivity contribution in [2.45, 2.75) is 41.7 Å². The Labute approximate surface area is 196 Å². The van der Waals surface area contributed by atoms with Crippen LogP contribution in [-0.4, -0.2) is 42.6 Å². The molecule has 1 saturated heterocycles. The molecule has 1 aromatic heterocycles. The monoisotopic (exact) mass is 487 g/mol. The predicted octanol–water partition coefficient (Wildman–Crippen LogP) is 4.78. The summed E-state index contributed by atoms with van der Waals surface area (Å²) < 4.78 is 61.8. The Bertz CT molecular complexity index is 1270. The van der Waals surface area contributed by atoms with E-state index in [1.165, 1.54) is 23.3 Å². The van der Waals surface area contributed by atoms with Crippen LogP contribution in [0.4, 0.5) is 18.9 Å². The first-order valence-electron chi connectivity index (χ1n) is 11.1. The van der Waals surface area contributed by atoms with Gasteiger partial charge < -0.3 is 4.90 Å². The molecule has 2 aliphatic rings. The first kappa shape index (κ1) is 22.9. The number of alkyl halides is 3. The average molecular weight is 488 g/mol. The van der Waals surface area contributed by atoms with E-state index in [1.807, 2.05) is 30.5 Å². The molecule has 5 nitrogen and oxygen atoms in total. The number of nitrogens with zero attached hydrogens (tertiary/aromatic N) is 3. The molecule has 1 saturated carbocycles. The minimum atomic E-state index is -5.34. The van der Waals surface area contributed by atoms with Gasteiger partial charge in [0.1, 0.15) is 0 Å². The molecule has 3 aromatic rings. The molecule has 178 valence electrons. The van der Waals surface area contributed by atoms with Crippen LogP contribution >= 0.6 is 0 Å². The van der Waals surface area contributed by atoms with E-state index in [2.05, 4.69) is 33.0 Å². The van der Waals surface area contributed by atoms with Gasteiger partial charge in [0.25, 0.3) is 9.84 Å². The highest BCUT2D eigenvalue weighted by molar-refractivity contribution is 7.92. The van der Waals surface area contributed by atoms with Gasteiger partial charge in [-0.2, -0.15) is 13.2 Å². The molecular formula is C25H24F3N3O2S.